The smallest absolute Gasteiger partial charge is 0.243 e. The van der Waals surface area contributed by atoms with Crippen molar-refractivity contribution < 1.29 is 17.7 Å². The predicted octanol–water partition coefficient (Wildman–Crippen LogP) is 2.36. The Morgan fingerprint density at radius 2 is 1.83 bits per heavy atom. The highest BCUT2D eigenvalue weighted by molar-refractivity contribution is 7.89. The molecule has 9 heteroatoms. The first-order valence-corrected chi connectivity index (χ1v) is 11.4. The van der Waals surface area contributed by atoms with E-state index in [1.54, 1.807) is 24.0 Å². The van der Waals surface area contributed by atoms with E-state index in [9.17, 15) is 13.2 Å². The van der Waals surface area contributed by atoms with Crippen LogP contribution in [0.1, 0.15) is 49.9 Å². The largest absolute Gasteiger partial charge is 0.340 e. The van der Waals surface area contributed by atoms with Gasteiger partial charge in [-0.25, -0.2) is 8.42 Å². The first-order valence-electron chi connectivity index (χ1n) is 9.98. The van der Waals surface area contributed by atoms with E-state index in [0.29, 0.717) is 55.1 Å². The van der Waals surface area contributed by atoms with Gasteiger partial charge >= 0.3 is 0 Å². The van der Waals surface area contributed by atoms with Crippen LogP contribution in [0.3, 0.4) is 0 Å². The molecule has 8 nitrogen and oxygen atoms in total. The van der Waals surface area contributed by atoms with Crippen molar-refractivity contribution in [1.29, 1.82) is 0 Å². The van der Waals surface area contributed by atoms with Crippen LogP contribution in [0.25, 0.3) is 0 Å². The molecule has 1 aliphatic rings. The Kier molecular flexibility index (Phi) is 6.69. The number of piperazine rings is 1. The highest BCUT2D eigenvalue weighted by Gasteiger charge is 2.30. The summed E-state index contributed by atoms with van der Waals surface area (Å²) in [6.45, 7) is 7.31. The zero-order valence-corrected chi connectivity index (χ0v) is 18.0. The number of nitrogens with zero attached hydrogens (tertiary/aromatic N) is 4. The molecule has 1 saturated heterocycles. The van der Waals surface area contributed by atoms with Crippen LogP contribution in [0.5, 0.6) is 0 Å². The number of sulfonamides is 1. The normalized spacial score (nSPS) is 16.7. The third kappa shape index (κ3) is 5.02. The summed E-state index contributed by atoms with van der Waals surface area (Å²) < 4.78 is 32.3. The lowest BCUT2D eigenvalue weighted by Crippen LogP contribution is -2.50. The molecule has 0 spiro atoms. The molecule has 3 rings (SSSR count). The van der Waals surface area contributed by atoms with Gasteiger partial charge in [-0.3, -0.25) is 4.79 Å². The molecule has 2 aromatic rings. The van der Waals surface area contributed by atoms with Crippen molar-refractivity contribution in [3.8, 4) is 0 Å². The number of carbonyl (C=O) groups is 1. The van der Waals surface area contributed by atoms with Gasteiger partial charge in [-0.15, -0.1) is 0 Å². The van der Waals surface area contributed by atoms with Crippen LogP contribution in [0.2, 0.25) is 0 Å². The Hall–Kier alpha value is -2.26. The lowest BCUT2D eigenvalue weighted by molar-refractivity contribution is -0.132. The molecule has 2 heterocycles. The standard InChI is InChI=1S/C20H28N4O4S/c1-4-15(2)17-5-7-18(8-6-17)29(26,27)24-13-11-23(12-14-24)20(25)10-9-19-21-16(3)22-28-19/h5-8,15H,4,9-14H2,1-3H3. The Morgan fingerprint density at radius 3 is 2.38 bits per heavy atom. The molecule has 0 aliphatic carbocycles. The molecule has 1 aromatic heterocycles. The molecular weight excluding hydrogens is 392 g/mol. The molecule has 1 fully saturated rings. The topological polar surface area (TPSA) is 96.6 Å². The van der Waals surface area contributed by atoms with Crippen molar-refractivity contribution in [3.05, 3.63) is 41.5 Å². The van der Waals surface area contributed by atoms with Gasteiger partial charge in [0, 0.05) is 39.0 Å². The quantitative estimate of drug-likeness (QED) is 0.682. The highest BCUT2D eigenvalue weighted by Crippen LogP contribution is 2.23. The Bertz CT molecular complexity index is 932. The van der Waals surface area contributed by atoms with E-state index in [2.05, 4.69) is 24.0 Å². The minimum absolute atomic E-state index is 0.0317. The minimum Gasteiger partial charge on any atom is -0.340 e. The van der Waals surface area contributed by atoms with Crippen LogP contribution in [0.4, 0.5) is 0 Å². The number of hydrogen-bond donors (Lipinski definition) is 0. The summed E-state index contributed by atoms with van der Waals surface area (Å²) in [6, 6.07) is 7.14. The third-order valence-electron chi connectivity index (χ3n) is 5.41. The van der Waals surface area contributed by atoms with Gasteiger partial charge in [0.05, 0.1) is 4.90 Å². The van der Waals surface area contributed by atoms with Crippen molar-refractivity contribution in [2.24, 2.45) is 0 Å². The average Bonchev–Trinajstić information content (AvgIpc) is 3.16. The lowest BCUT2D eigenvalue weighted by Gasteiger charge is -2.34. The Morgan fingerprint density at radius 1 is 1.17 bits per heavy atom. The molecule has 1 aromatic carbocycles. The number of carbonyl (C=O) groups excluding carboxylic acids is 1. The van der Waals surface area contributed by atoms with Crippen LogP contribution in [0, 0.1) is 6.92 Å². The molecule has 1 aliphatic heterocycles. The molecule has 0 saturated carbocycles. The van der Waals surface area contributed by atoms with Gasteiger partial charge in [-0.2, -0.15) is 9.29 Å². The summed E-state index contributed by atoms with van der Waals surface area (Å²) in [5, 5.41) is 3.71. The van der Waals surface area contributed by atoms with Crippen LogP contribution in [-0.4, -0.2) is 59.8 Å². The van der Waals surface area contributed by atoms with E-state index in [1.165, 1.54) is 4.31 Å². The van der Waals surface area contributed by atoms with E-state index < -0.39 is 10.0 Å². The fraction of sp³-hybridized carbons (Fsp3) is 0.550. The molecule has 0 N–H and O–H groups in total. The van der Waals surface area contributed by atoms with Crippen molar-refractivity contribution >= 4 is 15.9 Å². The molecule has 0 radical (unpaired) electrons. The van der Waals surface area contributed by atoms with E-state index in [1.807, 2.05) is 12.1 Å². The zero-order valence-electron chi connectivity index (χ0n) is 17.2. The molecule has 158 valence electrons. The van der Waals surface area contributed by atoms with Crippen molar-refractivity contribution in [2.75, 3.05) is 26.2 Å². The molecule has 1 amide bonds. The first-order chi connectivity index (χ1) is 13.8. The fourth-order valence-corrected chi connectivity index (χ4v) is 4.77. The van der Waals surface area contributed by atoms with E-state index in [0.717, 1.165) is 12.0 Å². The number of rotatable bonds is 7. The Labute approximate surface area is 171 Å². The van der Waals surface area contributed by atoms with Gasteiger partial charge in [-0.05, 0) is 37.0 Å². The maximum absolute atomic E-state index is 12.9. The summed E-state index contributed by atoms with van der Waals surface area (Å²) in [5.41, 5.74) is 1.14. The number of benzene rings is 1. The van der Waals surface area contributed by atoms with E-state index in [-0.39, 0.29) is 12.3 Å². The van der Waals surface area contributed by atoms with Crippen LogP contribution >= 0.6 is 0 Å². The molecular formula is C20H28N4O4S. The van der Waals surface area contributed by atoms with Gasteiger partial charge in [0.25, 0.3) is 0 Å². The fourth-order valence-electron chi connectivity index (χ4n) is 3.34. The number of aryl methyl sites for hydroxylation is 2. The predicted molar refractivity (Wildman–Crippen MR) is 108 cm³/mol. The second-order valence-corrected chi connectivity index (χ2v) is 9.34. The zero-order chi connectivity index (χ0) is 21.0. The van der Waals surface area contributed by atoms with Crippen molar-refractivity contribution in [3.63, 3.8) is 0 Å². The molecule has 29 heavy (non-hydrogen) atoms. The molecule has 1 atom stereocenters. The second-order valence-electron chi connectivity index (χ2n) is 7.40. The van der Waals surface area contributed by atoms with E-state index in [4.69, 9.17) is 4.52 Å². The van der Waals surface area contributed by atoms with Crippen LogP contribution in [0.15, 0.2) is 33.7 Å². The summed E-state index contributed by atoms with van der Waals surface area (Å²) in [4.78, 5) is 18.5. The van der Waals surface area contributed by atoms with Crippen molar-refractivity contribution in [2.45, 2.75) is 50.8 Å². The van der Waals surface area contributed by atoms with Gasteiger partial charge < -0.3 is 9.42 Å². The maximum Gasteiger partial charge on any atom is 0.243 e. The van der Waals surface area contributed by atoms with Gasteiger partial charge in [0.15, 0.2) is 5.82 Å². The molecule has 0 bridgehead atoms. The third-order valence-corrected chi connectivity index (χ3v) is 7.33. The van der Waals surface area contributed by atoms with Crippen molar-refractivity contribution in [1.82, 2.24) is 19.3 Å². The second kappa shape index (κ2) is 9.04. The van der Waals surface area contributed by atoms with Gasteiger partial charge in [-0.1, -0.05) is 31.1 Å². The van der Waals surface area contributed by atoms with Gasteiger partial charge in [0.2, 0.25) is 21.8 Å². The minimum atomic E-state index is -3.55. The first kappa shape index (κ1) is 21.4. The average molecular weight is 421 g/mol. The summed E-state index contributed by atoms with van der Waals surface area (Å²) in [6.07, 6.45) is 1.67. The summed E-state index contributed by atoms with van der Waals surface area (Å²) >= 11 is 0. The van der Waals surface area contributed by atoms with Crippen LogP contribution in [-0.2, 0) is 21.2 Å². The number of amides is 1. The van der Waals surface area contributed by atoms with Gasteiger partial charge in [0.1, 0.15) is 0 Å². The Balaban J connectivity index is 1.55. The number of hydrogen-bond acceptors (Lipinski definition) is 6. The summed E-state index contributed by atoms with van der Waals surface area (Å²) in [7, 11) is -3.55. The maximum atomic E-state index is 12.9. The SMILES string of the molecule is CCC(C)c1ccc(S(=O)(=O)N2CCN(C(=O)CCc3nc(C)no3)CC2)cc1. The number of aromatic nitrogens is 2. The summed E-state index contributed by atoms with van der Waals surface area (Å²) in [5.74, 6) is 1.36. The monoisotopic (exact) mass is 420 g/mol. The highest BCUT2D eigenvalue weighted by atomic mass is 32.2. The molecule has 1 unspecified atom stereocenters. The lowest BCUT2D eigenvalue weighted by atomic mass is 9.99. The van der Waals surface area contributed by atoms with Crippen LogP contribution < -0.4 is 0 Å². The van der Waals surface area contributed by atoms with E-state index >= 15 is 0 Å².